The molecule has 0 bridgehead atoms. The molecule has 17 heavy (non-hydrogen) atoms. The zero-order chi connectivity index (χ0) is 12.1. The third-order valence-electron chi connectivity index (χ3n) is 3.49. The minimum atomic E-state index is 0.687. The summed E-state index contributed by atoms with van der Waals surface area (Å²) in [6.07, 6.45) is 2.46. The van der Waals surface area contributed by atoms with Gasteiger partial charge in [-0.1, -0.05) is 12.1 Å². The second kappa shape index (κ2) is 5.81. The van der Waals surface area contributed by atoms with E-state index >= 15 is 0 Å². The van der Waals surface area contributed by atoms with Crippen molar-refractivity contribution in [2.45, 2.75) is 25.4 Å². The van der Waals surface area contributed by atoms with E-state index in [-0.39, 0.29) is 0 Å². The topological polar surface area (TPSA) is 39.1 Å². The van der Waals surface area contributed by atoms with Crippen molar-refractivity contribution in [3.05, 3.63) is 35.4 Å². The number of benzene rings is 1. The molecule has 0 unspecified atom stereocenters. The lowest BCUT2D eigenvalue weighted by Gasteiger charge is -2.31. The molecule has 1 aromatic carbocycles. The molecule has 90 valence electrons. The Balaban J connectivity index is 1.87. The Morgan fingerprint density at radius 3 is 2.47 bits per heavy atom. The molecule has 0 spiro atoms. The summed E-state index contributed by atoms with van der Waals surface area (Å²) in [4.78, 5) is 2.48. The molecule has 0 amide bonds. The number of nitrogens with zero attached hydrogens (tertiary/aromatic N) is 2. The lowest BCUT2D eigenvalue weighted by molar-refractivity contribution is 0.194. The summed E-state index contributed by atoms with van der Waals surface area (Å²) in [6.45, 7) is 3.32. The molecule has 1 aliphatic heterocycles. The Hall–Kier alpha value is -1.37. The standard InChI is InChI=1S/C14H19N3/c1-16-14-6-8-17(9-7-14)11-13-4-2-12(10-15)3-5-13/h2-5,14,16H,6-9,11H2,1H3. The highest BCUT2D eigenvalue weighted by molar-refractivity contribution is 5.31. The molecular weight excluding hydrogens is 210 g/mol. The monoisotopic (exact) mass is 229 g/mol. The van der Waals surface area contributed by atoms with Gasteiger partial charge in [0.05, 0.1) is 11.6 Å². The molecule has 0 radical (unpaired) electrons. The number of hydrogen-bond donors (Lipinski definition) is 1. The van der Waals surface area contributed by atoms with Crippen molar-refractivity contribution < 1.29 is 0 Å². The maximum atomic E-state index is 8.74. The van der Waals surface area contributed by atoms with E-state index in [4.69, 9.17) is 5.26 Å². The van der Waals surface area contributed by atoms with Crippen molar-refractivity contribution in [3.63, 3.8) is 0 Å². The Kier molecular flexibility index (Phi) is 4.13. The van der Waals surface area contributed by atoms with Crippen LogP contribution in [0.15, 0.2) is 24.3 Å². The van der Waals surface area contributed by atoms with Crippen molar-refractivity contribution in [2.75, 3.05) is 20.1 Å². The molecule has 1 aliphatic rings. The predicted octanol–water partition coefficient (Wildman–Crippen LogP) is 1.74. The summed E-state index contributed by atoms with van der Waals surface area (Å²) in [6, 6.07) is 10.8. The largest absolute Gasteiger partial charge is 0.317 e. The summed E-state index contributed by atoms with van der Waals surface area (Å²) in [5, 5.41) is 12.1. The molecule has 1 fully saturated rings. The fraction of sp³-hybridized carbons (Fsp3) is 0.500. The summed E-state index contributed by atoms with van der Waals surface area (Å²) < 4.78 is 0. The molecule has 0 atom stereocenters. The molecule has 0 saturated carbocycles. The number of rotatable bonds is 3. The smallest absolute Gasteiger partial charge is 0.0991 e. The van der Waals surface area contributed by atoms with Crippen LogP contribution in [-0.4, -0.2) is 31.1 Å². The molecule has 1 saturated heterocycles. The van der Waals surface area contributed by atoms with Gasteiger partial charge in [0, 0.05) is 12.6 Å². The first-order valence-electron chi connectivity index (χ1n) is 6.20. The predicted molar refractivity (Wildman–Crippen MR) is 68.5 cm³/mol. The molecule has 1 N–H and O–H groups in total. The van der Waals surface area contributed by atoms with E-state index in [1.165, 1.54) is 18.4 Å². The molecule has 0 aliphatic carbocycles. The van der Waals surface area contributed by atoms with Gasteiger partial charge >= 0.3 is 0 Å². The van der Waals surface area contributed by atoms with E-state index in [1.54, 1.807) is 0 Å². The van der Waals surface area contributed by atoms with Gasteiger partial charge in [-0.25, -0.2) is 0 Å². The minimum absolute atomic E-state index is 0.687. The van der Waals surface area contributed by atoms with Crippen LogP contribution in [0, 0.1) is 11.3 Å². The minimum Gasteiger partial charge on any atom is -0.317 e. The van der Waals surface area contributed by atoms with E-state index in [0.717, 1.165) is 25.2 Å². The fourth-order valence-corrected chi connectivity index (χ4v) is 2.32. The van der Waals surface area contributed by atoms with Crippen LogP contribution in [0.3, 0.4) is 0 Å². The van der Waals surface area contributed by atoms with Crippen LogP contribution >= 0.6 is 0 Å². The first-order valence-corrected chi connectivity index (χ1v) is 6.20. The van der Waals surface area contributed by atoms with Gasteiger partial charge in [-0.15, -0.1) is 0 Å². The number of nitriles is 1. The number of piperidine rings is 1. The van der Waals surface area contributed by atoms with Crippen LogP contribution in [0.25, 0.3) is 0 Å². The Morgan fingerprint density at radius 1 is 1.29 bits per heavy atom. The normalized spacial score (nSPS) is 17.9. The van der Waals surface area contributed by atoms with Gasteiger partial charge in [-0.2, -0.15) is 5.26 Å². The highest BCUT2D eigenvalue weighted by atomic mass is 15.1. The highest BCUT2D eigenvalue weighted by Gasteiger charge is 2.17. The van der Waals surface area contributed by atoms with E-state index in [1.807, 2.05) is 19.2 Å². The SMILES string of the molecule is CNC1CCN(Cc2ccc(C#N)cc2)CC1. The first kappa shape index (κ1) is 12.1. The van der Waals surface area contributed by atoms with Gasteiger partial charge in [0.2, 0.25) is 0 Å². The average molecular weight is 229 g/mol. The summed E-state index contributed by atoms with van der Waals surface area (Å²) in [5.41, 5.74) is 2.04. The van der Waals surface area contributed by atoms with Crippen LogP contribution < -0.4 is 5.32 Å². The van der Waals surface area contributed by atoms with Gasteiger partial charge in [-0.05, 0) is 50.7 Å². The Labute approximate surface area is 103 Å². The van der Waals surface area contributed by atoms with Crippen molar-refractivity contribution in [3.8, 4) is 6.07 Å². The van der Waals surface area contributed by atoms with E-state index in [2.05, 4.69) is 28.4 Å². The zero-order valence-electron chi connectivity index (χ0n) is 10.3. The van der Waals surface area contributed by atoms with E-state index in [0.29, 0.717) is 6.04 Å². The number of hydrogen-bond acceptors (Lipinski definition) is 3. The maximum absolute atomic E-state index is 8.74. The van der Waals surface area contributed by atoms with E-state index in [9.17, 15) is 0 Å². The van der Waals surface area contributed by atoms with Crippen molar-refractivity contribution in [2.24, 2.45) is 0 Å². The van der Waals surface area contributed by atoms with Gasteiger partial charge < -0.3 is 5.32 Å². The summed E-state index contributed by atoms with van der Waals surface area (Å²) in [7, 11) is 2.04. The highest BCUT2D eigenvalue weighted by Crippen LogP contribution is 2.14. The molecular formula is C14H19N3. The molecule has 0 aromatic heterocycles. The Bertz CT molecular complexity index is 383. The van der Waals surface area contributed by atoms with Crippen LogP contribution in [0.5, 0.6) is 0 Å². The maximum Gasteiger partial charge on any atom is 0.0991 e. The van der Waals surface area contributed by atoms with Crippen LogP contribution in [0.2, 0.25) is 0 Å². The zero-order valence-corrected chi connectivity index (χ0v) is 10.3. The van der Waals surface area contributed by atoms with Gasteiger partial charge in [0.1, 0.15) is 0 Å². The lowest BCUT2D eigenvalue weighted by atomic mass is 10.0. The third-order valence-corrected chi connectivity index (χ3v) is 3.49. The molecule has 3 nitrogen and oxygen atoms in total. The molecule has 3 heteroatoms. The van der Waals surface area contributed by atoms with Gasteiger partial charge in [-0.3, -0.25) is 4.90 Å². The molecule has 2 rings (SSSR count). The van der Waals surface area contributed by atoms with Crippen molar-refractivity contribution >= 4 is 0 Å². The Morgan fingerprint density at radius 2 is 1.94 bits per heavy atom. The average Bonchev–Trinajstić information content (AvgIpc) is 2.40. The number of nitrogens with one attached hydrogen (secondary N) is 1. The summed E-state index contributed by atoms with van der Waals surface area (Å²) >= 11 is 0. The second-order valence-electron chi connectivity index (χ2n) is 4.65. The molecule has 1 aromatic rings. The van der Waals surface area contributed by atoms with Crippen LogP contribution in [-0.2, 0) is 6.54 Å². The van der Waals surface area contributed by atoms with Gasteiger partial charge in [0.15, 0.2) is 0 Å². The number of likely N-dealkylation sites (tertiary alicyclic amines) is 1. The van der Waals surface area contributed by atoms with E-state index < -0.39 is 0 Å². The quantitative estimate of drug-likeness (QED) is 0.858. The third kappa shape index (κ3) is 3.29. The van der Waals surface area contributed by atoms with Crippen molar-refractivity contribution in [1.29, 1.82) is 5.26 Å². The van der Waals surface area contributed by atoms with Crippen molar-refractivity contribution in [1.82, 2.24) is 10.2 Å². The van der Waals surface area contributed by atoms with Crippen LogP contribution in [0.4, 0.5) is 0 Å². The summed E-state index contributed by atoms with van der Waals surface area (Å²) in [5.74, 6) is 0. The fourth-order valence-electron chi connectivity index (χ4n) is 2.32. The second-order valence-corrected chi connectivity index (χ2v) is 4.65. The van der Waals surface area contributed by atoms with Crippen LogP contribution in [0.1, 0.15) is 24.0 Å². The first-order chi connectivity index (χ1) is 8.31. The lowest BCUT2D eigenvalue weighted by Crippen LogP contribution is -2.40. The van der Waals surface area contributed by atoms with Gasteiger partial charge in [0.25, 0.3) is 0 Å². The molecule has 1 heterocycles.